The fourth-order valence-electron chi connectivity index (χ4n) is 3.22. The van der Waals surface area contributed by atoms with Crippen LogP contribution >= 0.6 is 0 Å². The van der Waals surface area contributed by atoms with Crippen LogP contribution in [0.25, 0.3) is 10.8 Å². The summed E-state index contributed by atoms with van der Waals surface area (Å²) >= 11 is 0. The third kappa shape index (κ3) is 3.06. The van der Waals surface area contributed by atoms with Crippen LogP contribution < -0.4 is 5.56 Å². The summed E-state index contributed by atoms with van der Waals surface area (Å²) < 4.78 is 7.00. The molecule has 0 radical (unpaired) electrons. The molecule has 1 amide bonds. The molecule has 1 aliphatic rings. The fraction of sp³-hybridized carbons (Fsp3) is 0.500. The minimum absolute atomic E-state index is 0.108. The van der Waals surface area contributed by atoms with Gasteiger partial charge in [-0.15, -0.1) is 0 Å². The number of aryl methyl sites for hydroxylation is 1. The topological polar surface area (TPSA) is 64.4 Å². The van der Waals surface area contributed by atoms with Crippen molar-refractivity contribution in [2.75, 3.05) is 19.7 Å². The molecule has 24 heavy (non-hydrogen) atoms. The lowest BCUT2D eigenvalue weighted by atomic mass is 10.1. The Morgan fingerprint density at radius 1 is 1.21 bits per heavy atom. The van der Waals surface area contributed by atoms with Crippen molar-refractivity contribution in [1.82, 2.24) is 14.7 Å². The molecule has 128 valence electrons. The molecule has 0 aliphatic carbocycles. The molecule has 0 saturated carbocycles. The van der Waals surface area contributed by atoms with E-state index in [0.717, 1.165) is 12.8 Å². The van der Waals surface area contributed by atoms with Crippen molar-refractivity contribution >= 4 is 16.7 Å². The largest absolute Gasteiger partial charge is 0.378 e. The van der Waals surface area contributed by atoms with Crippen molar-refractivity contribution < 1.29 is 9.53 Å². The van der Waals surface area contributed by atoms with E-state index in [1.807, 2.05) is 30.9 Å². The van der Waals surface area contributed by atoms with Gasteiger partial charge in [0.2, 0.25) is 0 Å². The van der Waals surface area contributed by atoms with Crippen LogP contribution in [0.3, 0.4) is 0 Å². The first-order valence-corrected chi connectivity index (χ1v) is 8.56. The van der Waals surface area contributed by atoms with E-state index in [0.29, 0.717) is 42.7 Å². The number of nitrogens with zero attached hydrogens (tertiary/aromatic N) is 3. The second kappa shape index (κ2) is 7.13. The predicted octanol–water partition coefficient (Wildman–Crippen LogP) is 2.06. The Morgan fingerprint density at radius 2 is 1.88 bits per heavy atom. The first kappa shape index (κ1) is 16.6. The molecule has 2 aromatic rings. The van der Waals surface area contributed by atoms with Crippen LogP contribution in [0, 0.1) is 0 Å². The van der Waals surface area contributed by atoms with Crippen molar-refractivity contribution in [3.8, 4) is 0 Å². The number of carbonyl (C=O) groups excluding carboxylic acids is 1. The molecule has 0 spiro atoms. The van der Waals surface area contributed by atoms with E-state index in [4.69, 9.17) is 4.74 Å². The molecular formula is C18H23N3O3. The lowest BCUT2D eigenvalue weighted by molar-refractivity contribution is 0.0144. The SMILES string of the molecule is CCOC1CCN(C(=O)c2nn(CC)c(=O)c3ccccc23)CC1. The molecule has 1 aromatic heterocycles. The molecule has 1 fully saturated rings. The van der Waals surface area contributed by atoms with Crippen molar-refractivity contribution in [2.24, 2.45) is 0 Å². The minimum atomic E-state index is -0.153. The average molecular weight is 329 g/mol. The van der Waals surface area contributed by atoms with Crippen LogP contribution in [0.2, 0.25) is 0 Å². The zero-order chi connectivity index (χ0) is 17.1. The van der Waals surface area contributed by atoms with Gasteiger partial charge in [0.1, 0.15) is 0 Å². The Kier molecular flexibility index (Phi) is 4.94. The van der Waals surface area contributed by atoms with Gasteiger partial charge >= 0.3 is 0 Å². The highest BCUT2D eigenvalue weighted by molar-refractivity contribution is 6.04. The van der Waals surface area contributed by atoms with Crippen LogP contribution in [-0.2, 0) is 11.3 Å². The third-order valence-electron chi connectivity index (χ3n) is 4.50. The summed E-state index contributed by atoms with van der Waals surface area (Å²) in [5, 5.41) is 5.50. The third-order valence-corrected chi connectivity index (χ3v) is 4.50. The molecule has 1 saturated heterocycles. The van der Waals surface area contributed by atoms with E-state index < -0.39 is 0 Å². The Morgan fingerprint density at radius 3 is 2.50 bits per heavy atom. The van der Waals surface area contributed by atoms with Gasteiger partial charge in [-0.05, 0) is 32.8 Å². The molecule has 0 unspecified atom stereocenters. The lowest BCUT2D eigenvalue weighted by Gasteiger charge is -2.31. The number of aromatic nitrogens is 2. The van der Waals surface area contributed by atoms with Gasteiger partial charge in [-0.3, -0.25) is 9.59 Å². The highest BCUT2D eigenvalue weighted by Gasteiger charge is 2.26. The van der Waals surface area contributed by atoms with Crippen LogP contribution in [0.1, 0.15) is 37.2 Å². The molecule has 0 bridgehead atoms. The number of benzene rings is 1. The zero-order valence-corrected chi connectivity index (χ0v) is 14.2. The number of amides is 1. The summed E-state index contributed by atoms with van der Waals surface area (Å²) in [6.45, 7) is 6.30. The number of fused-ring (bicyclic) bond motifs is 1. The summed E-state index contributed by atoms with van der Waals surface area (Å²) in [7, 11) is 0. The van der Waals surface area contributed by atoms with Gasteiger partial charge < -0.3 is 9.64 Å². The van der Waals surface area contributed by atoms with Crippen LogP contribution in [-0.4, -0.2) is 46.4 Å². The number of hydrogen-bond donors (Lipinski definition) is 0. The number of piperidine rings is 1. The molecule has 3 rings (SSSR count). The van der Waals surface area contributed by atoms with Gasteiger partial charge in [0.25, 0.3) is 11.5 Å². The van der Waals surface area contributed by atoms with E-state index in [-0.39, 0.29) is 17.6 Å². The second-order valence-corrected chi connectivity index (χ2v) is 5.96. The average Bonchev–Trinajstić information content (AvgIpc) is 2.63. The monoisotopic (exact) mass is 329 g/mol. The Hall–Kier alpha value is -2.21. The lowest BCUT2D eigenvalue weighted by Crippen LogP contribution is -2.42. The van der Waals surface area contributed by atoms with E-state index in [1.54, 1.807) is 12.1 Å². The van der Waals surface area contributed by atoms with E-state index >= 15 is 0 Å². The summed E-state index contributed by atoms with van der Waals surface area (Å²) in [4.78, 5) is 27.2. The molecule has 0 N–H and O–H groups in total. The van der Waals surface area contributed by atoms with Gasteiger partial charge in [0, 0.05) is 31.6 Å². The number of ether oxygens (including phenoxy) is 1. The van der Waals surface area contributed by atoms with E-state index in [9.17, 15) is 9.59 Å². The summed E-state index contributed by atoms with van der Waals surface area (Å²) in [6, 6.07) is 7.19. The number of hydrogen-bond acceptors (Lipinski definition) is 4. The number of carbonyl (C=O) groups is 1. The molecule has 6 nitrogen and oxygen atoms in total. The smallest absolute Gasteiger partial charge is 0.274 e. The summed E-state index contributed by atoms with van der Waals surface area (Å²) in [5.74, 6) is -0.108. The quantitative estimate of drug-likeness (QED) is 0.861. The van der Waals surface area contributed by atoms with Crippen molar-refractivity contribution in [3.63, 3.8) is 0 Å². The summed E-state index contributed by atoms with van der Waals surface area (Å²) in [5.41, 5.74) is 0.210. The Labute approximate surface area is 141 Å². The summed E-state index contributed by atoms with van der Waals surface area (Å²) in [6.07, 6.45) is 1.91. The highest BCUT2D eigenvalue weighted by Crippen LogP contribution is 2.19. The van der Waals surface area contributed by atoms with Gasteiger partial charge in [0.05, 0.1) is 11.5 Å². The van der Waals surface area contributed by atoms with Crippen molar-refractivity contribution in [1.29, 1.82) is 0 Å². The fourth-order valence-corrected chi connectivity index (χ4v) is 3.22. The van der Waals surface area contributed by atoms with Gasteiger partial charge in [-0.25, -0.2) is 4.68 Å². The molecule has 1 aromatic carbocycles. The van der Waals surface area contributed by atoms with Crippen LogP contribution in [0.15, 0.2) is 29.1 Å². The molecule has 1 aliphatic heterocycles. The first-order chi connectivity index (χ1) is 11.7. The zero-order valence-electron chi connectivity index (χ0n) is 14.2. The number of likely N-dealkylation sites (tertiary alicyclic amines) is 1. The first-order valence-electron chi connectivity index (χ1n) is 8.56. The van der Waals surface area contributed by atoms with Crippen LogP contribution in [0.5, 0.6) is 0 Å². The van der Waals surface area contributed by atoms with Gasteiger partial charge in [0.15, 0.2) is 5.69 Å². The number of rotatable bonds is 4. The Balaban J connectivity index is 1.93. The maximum atomic E-state index is 13.0. The van der Waals surface area contributed by atoms with Crippen LogP contribution in [0.4, 0.5) is 0 Å². The highest BCUT2D eigenvalue weighted by atomic mass is 16.5. The molecule has 0 atom stereocenters. The van der Waals surface area contributed by atoms with Crippen molar-refractivity contribution in [3.05, 3.63) is 40.3 Å². The second-order valence-electron chi connectivity index (χ2n) is 5.96. The maximum Gasteiger partial charge on any atom is 0.274 e. The van der Waals surface area contributed by atoms with E-state index in [1.165, 1.54) is 4.68 Å². The maximum absolute atomic E-state index is 13.0. The minimum Gasteiger partial charge on any atom is -0.378 e. The van der Waals surface area contributed by atoms with Gasteiger partial charge in [-0.1, -0.05) is 18.2 Å². The van der Waals surface area contributed by atoms with Crippen molar-refractivity contribution in [2.45, 2.75) is 39.3 Å². The standard InChI is InChI=1S/C18H23N3O3/c1-3-21-17(22)15-8-6-5-7-14(15)16(19-21)18(23)20-11-9-13(10-12-20)24-4-2/h5-8,13H,3-4,9-12H2,1-2H3. The normalized spacial score (nSPS) is 15.8. The molecule has 2 heterocycles. The molecule has 6 heteroatoms. The van der Waals surface area contributed by atoms with E-state index in [2.05, 4.69) is 5.10 Å². The molecular weight excluding hydrogens is 306 g/mol. The predicted molar refractivity (Wildman–Crippen MR) is 92.2 cm³/mol. The Bertz CT molecular complexity index is 792. The van der Waals surface area contributed by atoms with Gasteiger partial charge in [-0.2, -0.15) is 5.10 Å².